The number of carbonyl (C=O) groups excluding carboxylic acids is 1. The third-order valence-electron chi connectivity index (χ3n) is 3.18. The van der Waals surface area contributed by atoms with Crippen molar-refractivity contribution in [1.29, 1.82) is 0 Å². The summed E-state index contributed by atoms with van der Waals surface area (Å²) in [5, 5.41) is 0.640. The van der Waals surface area contributed by atoms with E-state index in [-0.39, 0.29) is 17.9 Å². The van der Waals surface area contributed by atoms with E-state index in [1.54, 1.807) is 15.9 Å². The summed E-state index contributed by atoms with van der Waals surface area (Å²) in [6, 6.07) is 1.90. The van der Waals surface area contributed by atoms with Crippen LogP contribution >= 0.6 is 11.3 Å². The van der Waals surface area contributed by atoms with E-state index in [0.717, 1.165) is 16.1 Å². The number of aryl methyl sites for hydroxylation is 1. The van der Waals surface area contributed by atoms with E-state index < -0.39 is 5.91 Å². The number of nitrogens with zero attached hydrogens (tertiary/aromatic N) is 2. The normalized spacial score (nSPS) is 11.4. The Morgan fingerprint density at radius 3 is 2.75 bits per heavy atom. The second-order valence-corrected chi connectivity index (χ2v) is 6.20. The molecule has 2 heterocycles. The molecule has 6 heteroatoms. The fourth-order valence-corrected chi connectivity index (χ4v) is 3.10. The molecule has 0 aliphatic rings. The molecule has 0 aliphatic carbocycles. The minimum Gasteiger partial charge on any atom is -0.370 e. The van der Waals surface area contributed by atoms with E-state index in [4.69, 9.17) is 5.73 Å². The minimum absolute atomic E-state index is 0.0732. The van der Waals surface area contributed by atoms with Crippen LogP contribution in [0.3, 0.4) is 0 Å². The zero-order valence-corrected chi connectivity index (χ0v) is 12.8. The number of carbonyl (C=O) groups is 1. The van der Waals surface area contributed by atoms with Crippen LogP contribution in [-0.4, -0.2) is 15.5 Å². The molecular formula is C14H19N3O2S. The lowest BCUT2D eigenvalue weighted by Crippen LogP contribution is -2.27. The molecule has 5 nitrogen and oxygen atoms in total. The van der Waals surface area contributed by atoms with Crippen LogP contribution in [0.2, 0.25) is 0 Å². The Labute approximate surface area is 121 Å². The first-order chi connectivity index (χ1) is 9.43. The Morgan fingerprint density at radius 2 is 2.20 bits per heavy atom. The van der Waals surface area contributed by atoms with Crippen LogP contribution in [0.25, 0.3) is 10.2 Å². The van der Waals surface area contributed by atoms with Crippen LogP contribution < -0.4 is 11.3 Å². The third-order valence-corrected chi connectivity index (χ3v) is 4.35. The van der Waals surface area contributed by atoms with Gasteiger partial charge in [0, 0.05) is 23.8 Å². The molecule has 2 aromatic heterocycles. The van der Waals surface area contributed by atoms with Crippen LogP contribution in [0.1, 0.15) is 43.8 Å². The van der Waals surface area contributed by atoms with Gasteiger partial charge in [-0.1, -0.05) is 20.8 Å². The maximum atomic E-state index is 12.6. The van der Waals surface area contributed by atoms with Crippen molar-refractivity contribution in [3.8, 4) is 0 Å². The van der Waals surface area contributed by atoms with Crippen molar-refractivity contribution in [2.24, 2.45) is 5.73 Å². The molecule has 0 fully saturated rings. The number of hydrogen-bond acceptors (Lipinski definition) is 4. The molecule has 0 spiro atoms. The van der Waals surface area contributed by atoms with Crippen molar-refractivity contribution in [3.05, 3.63) is 27.1 Å². The van der Waals surface area contributed by atoms with Crippen molar-refractivity contribution in [1.82, 2.24) is 9.55 Å². The Morgan fingerprint density at radius 1 is 1.50 bits per heavy atom. The number of rotatable bonds is 5. The quantitative estimate of drug-likeness (QED) is 0.916. The molecule has 1 amide bonds. The molecule has 0 radical (unpaired) electrons. The zero-order valence-electron chi connectivity index (χ0n) is 12.0. The highest BCUT2D eigenvalue weighted by Gasteiger charge is 2.16. The summed E-state index contributed by atoms with van der Waals surface area (Å²) in [5.41, 5.74) is 5.11. The summed E-state index contributed by atoms with van der Waals surface area (Å²) in [7, 11) is 0. The average Bonchev–Trinajstić information content (AvgIpc) is 2.80. The summed E-state index contributed by atoms with van der Waals surface area (Å²) in [5.74, 6) is 0.423. The summed E-state index contributed by atoms with van der Waals surface area (Å²) in [6.07, 6.45) is 1.04. The van der Waals surface area contributed by atoms with Crippen LogP contribution in [0.5, 0.6) is 0 Å². The molecule has 0 bridgehead atoms. The van der Waals surface area contributed by atoms with E-state index in [1.807, 2.05) is 19.9 Å². The maximum Gasteiger partial charge on any atom is 0.262 e. The van der Waals surface area contributed by atoms with Gasteiger partial charge < -0.3 is 5.73 Å². The lowest BCUT2D eigenvalue weighted by molar-refractivity contribution is -0.118. The van der Waals surface area contributed by atoms with E-state index in [9.17, 15) is 9.59 Å². The number of aromatic nitrogens is 2. The molecule has 0 saturated heterocycles. The van der Waals surface area contributed by atoms with E-state index in [0.29, 0.717) is 17.8 Å². The van der Waals surface area contributed by atoms with Crippen LogP contribution in [0.15, 0.2) is 10.9 Å². The number of nitrogens with two attached hydrogens (primary N) is 1. The topological polar surface area (TPSA) is 78.0 Å². The van der Waals surface area contributed by atoms with Gasteiger partial charge in [0.25, 0.3) is 5.56 Å². The molecule has 20 heavy (non-hydrogen) atoms. The van der Waals surface area contributed by atoms with Gasteiger partial charge in [0.05, 0.1) is 5.39 Å². The second kappa shape index (κ2) is 5.75. The Bertz CT molecular complexity index is 700. The summed E-state index contributed by atoms with van der Waals surface area (Å²) < 4.78 is 1.59. The van der Waals surface area contributed by atoms with E-state index in [2.05, 4.69) is 11.9 Å². The van der Waals surface area contributed by atoms with Crippen molar-refractivity contribution in [2.45, 2.75) is 46.1 Å². The number of amides is 1. The second-order valence-electron chi connectivity index (χ2n) is 5.08. The third kappa shape index (κ3) is 2.75. The first-order valence-corrected chi connectivity index (χ1v) is 7.57. The van der Waals surface area contributed by atoms with Crippen molar-refractivity contribution in [3.63, 3.8) is 0 Å². The smallest absolute Gasteiger partial charge is 0.262 e. The Balaban J connectivity index is 2.62. The highest BCUT2D eigenvalue weighted by Crippen LogP contribution is 2.24. The number of fused-ring (bicyclic) bond motifs is 1. The average molecular weight is 293 g/mol. The molecule has 2 aromatic rings. The largest absolute Gasteiger partial charge is 0.370 e. The van der Waals surface area contributed by atoms with Gasteiger partial charge in [-0.05, 0) is 12.5 Å². The molecule has 0 aliphatic heterocycles. The summed E-state index contributed by atoms with van der Waals surface area (Å²) >= 11 is 1.56. The Hall–Kier alpha value is -1.69. The zero-order chi connectivity index (χ0) is 14.9. The molecule has 0 unspecified atom stereocenters. The molecule has 2 N–H and O–H groups in total. The number of thiophene rings is 1. The summed E-state index contributed by atoms with van der Waals surface area (Å²) in [4.78, 5) is 30.1. The van der Waals surface area contributed by atoms with Gasteiger partial charge in [-0.2, -0.15) is 0 Å². The number of hydrogen-bond donors (Lipinski definition) is 1. The molecule has 2 rings (SSSR count). The van der Waals surface area contributed by atoms with Crippen LogP contribution in [0, 0.1) is 0 Å². The van der Waals surface area contributed by atoms with Crippen molar-refractivity contribution < 1.29 is 4.79 Å². The van der Waals surface area contributed by atoms with Gasteiger partial charge >= 0.3 is 0 Å². The lowest BCUT2D eigenvalue weighted by Gasteiger charge is -2.13. The minimum atomic E-state index is -0.411. The van der Waals surface area contributed by atoms with Gasteiger partial charge in [-0.15, -0.1) is 11.3 Å². The lowest BCUT2D eigenvalue weighted by atomic mass is 10.2. The fraction of sp³-hybridized carbons (Fsp3) is 0.500. The van der Waals surface area contributed by atoms with E-state index in [1.165, 1.54) is 0 Å². The van der Waals surface area contributed by atoms with Crippen molar-refractivity contribution >= 4 is 27.5 Å². The van der Waals surface area contributed by atoms with E-state index >= 15 is 0 Å². The van der Waals surface area contributed by atoms with Crippen molar-refractivity contribution in [2.75, 3.05) is 0 Å². The molecule has 0 aromatic carbocycles. The SMILES string of the molecule is CCc1cc2c(=O)n(CCC(N)=O)c(C(C)C)nc2s1. The van der Waals surface area contributed by atoms with Gasteiger partial charge in [0.2, 0.25) is 5.91 Å². The summed E-state index contributed by atoms with van der Waals surface area (Å²) in [6.45, 7) is 6.33. The van der Waals surface area contributed by atoms with Gasteiger partial charge in [-0.3, -0.25) is 14.2 Å². The first kappa shape index (κ1) is 14.7. The molecule has 0 saturated carbocycles. The predicted octanol–water partition coefficient (Wildman–Crippen LogP) is 2.02. The highest BCUT2D eigenvalue weighted by atomic mass is 32.1. The van der Waals surface area contributed by atoms with Crippen LogP contribution in [0.4, 0.5) is 0 Å². The Kier molecular flexibility index (Phi) is 4.23. The van der Waals surface area contributed by atoms with Gasteiger partial charge in [-0.25, -0.2) is 4.98 Å². The van der Waals surface area contributed by atoms with Gasteiger partial charge in [0.1, 0.15) is 10.7 Å². The maximum absolute atomic E-state index is 12.6. The number of primary amides is 1. The highest BCUT2D eigenvalue weighted by molar-refractivity contribution is 7.18. The standard InChI is InChI=1S/C14H19N3O2S/c1-4-9-7-10-13(20-9)16-12(8(2)3)17(14(10)19)6-5-11(15)18/h7-8H,4-6H2,1-3H3,(H2,15,18). The monoisotopic (exact) mass is 293 g/mol. The molecule has 108 valence electrons. The first-order valence-electron chi connectivity index (χ1n) is 6.75. The van der Waals surface area contributed by atoms with Gasteiger partial charge in [0.15, 0.2) is 0 Å². The molecular weight excluding hydrogens is 274 g/mol. The molecule has 0 atom stereocenters. The fourth-order valence-electron chi connectivity index (χ4n) is 2.13. The van der Waals surface area contributed by atoms with Crippen LogP contribution in [-0.2, 0) is 17.8 Å². The predicted molar refractivity (Wildman–Crippen MR) is 81.2 cm³/mol.